The molecular weight excluding hydrogens is 319 g/mol. The predicted molar refractivity (Wildman–Crippen MR) is 70.0 cm³/mol. The maximum atomic E-state index is 11.4. The van der Waals surface area contributed by atoms with Gasteiger partial charge in [0.05, 0.1) is 9.79 Å². The Hall–Kier alpha value is -0.820. The summed E-state index contributed by atoms with van der Waals surface area (Å²) in [5, 5.41) is 0.434. The van der Waals surface area contributed by atoms with Crippen LogP contribution in [-0.2, 0) is 18.1 Å². The van der Waals surface area contributed by atoms with Crippen LogP contribution in [0.15, 0.2) is 46.2 Å². The van der Waals surface area contributed by atoms with Crippen LogP contribution in [0.2, 0.25) is 0 Å². The van der Waals surface area contributed by atoms with Crippen LogP contribution in [0.1, 0.15) is 0 Å². The van der Waals surface area contributed by atoms with E-state index in [0.29, 0.717) is 0 Å². The quantitative estimate of drug-likeness (QED) is 0.796. The number of fused-ring (bicyclic) bond motifs is 1. The third-order valence-corrected chi connectivity index (χ3v) is 5.13. The maximum Gasteiger partial charge on any atom is 0.261 e. The Labute approximate surface area is 113 Å². The first kappa shape index (κ1) is 13.6. The van der Waals surface area contributed by atoms with Gasteiger partial charge in [-0.2, -0.15) is 0 Å². The van der Waals surface area contributed by atoms with Crippen LogP contribution >= 0.6 is 21.4 Å². The van der Waals surface area contributed by atoms with Gasteiger partial charge < -0.3 is 0 Å². The van der Waals surface area contributed by atoms with Crippen LogP contribution in [0, 0.1) is 0 Å². The van der Waals surface area contributed by atoms with Gasteiger partial charge in [-0.25, -0.2) is 16.8 Å². The number of halogens is 2. The Kier molecular flexibility index (Phi) is 3.31. The van der Waals surface area contributed by atoms with Crippen LogP contribution in [0.5, 0.6) is 0 Å². The molecule has 2 aromatic carbocycles. The fraction of sp³-hybridized carbons (Fsp3) is 0. The molecule has 0 aliphatic rings. The van der Waals surface area contributed by atoms with E-state index in [4.69, 9.17) is 21.4 Å². The Balaban J connectivity index is 3.01. The zero-order valence-electron chi connectivity index (χ0n) is 8.67. The van der Waals surface area contributed by atoms with Crippen molar-refractivity contribution < 1.29 is 16.8 Å². The third kappa shape index (κ3) is 2.47. The minimum absolute atomic E-state index is 0.149. The smallest absolute Gasteiger partial charge is 0.207 e. The SMILES string of the molecule is O=S(=O)(Cl)c1ccc(S(=O)(=O)Cl)c2ccccc12. The predicted octanol–water partition coefficient (Wildman–Crippen LogP) is 2.69. The maximum absolute atomic E-state index is 11.4. The van der Waals surface area contributed by atoms with Crippen molar-refractivity contribution in [3.8, 4) is 0 Å². The van der Waals surface area contributed by atoms with Gasteiger partial charge in [0.2, 0.25) is 0 Å². The summed E-state index contributed by atoms with van der Waals surface area (Å²) in [5.41, 5.74) is 0. The van der Waals surface area contributed by atoms with Gasteiger partial charge in [0, 0.05) is 32.1 Å². The van der Waals surface area contributed by atoms with Crippen LogP contribution < -0.4 is 0 Å². The highest BCUT2D eigenvalue weighted by atomic mass is 35.7. The number of rotatable bonds is 2. The van der Waals surface area contributed by atoms with Gasteiger partial charge in [0.1, 0.15) is 0 Å². The molecule has 0 heterocycles. The molecule has 0 aromatic heterocycles. The average molecular weight is 325 g/mol. The van der Waals surface area contributed by atoms with Crippen LogP contribution in [0.25, 0.3) is 10.8 Å². The minimum atomic E-state index is -3.96. The molecule has 0 aliphatic heterocycles. The summed E-state index contributed by atoms with van der Waals surface area (Å²) < 4.78 is 45.6. The monoisotopic (exact) mass is 324 g/mol. The van der Waals surface area contributed by atoms with Gasteiger partial charge >= 0.3 is 0 Å². The highest BCUT2D eigenvalue weighted by molar-refractivity contribution is 8.14. The van der Waals surface area contributed by atoms with Crippen molar-refractivity contribution in [3.63, 3.8) is 0 Å². The van der Waals surface area contributed by atoms with E-state index in [1.165, 1.54) is 12.1 Å². The van der Waals surface area contributed by atoms with E-state index in [1.807, 2.05) is 0 Å². The summed E-state index contributed by atoms with van der Waals surface area (Å²) in [6.45, 7) is 0. The Morgan fingerprint density at radius 3 is 1.28 bits per heavy atom. The lowest BCUT2D eigenvalue weighted by atomic mass is 10.1. The molecular formula is C10H6Cl2O4S2. The number of hydrogen-bond acceptors (Lipinski definition) is 4. The van der Waals surface area contributed by atoms with Crippen molar-refractivity contribution in [2.75, 3.05) is 0 Å². The van der Waals surface area contributed by atoms with Crippen LogP contribution in [0.3, 0.4) is 0 Å². The standard InChI is InChI=1S/C10H6Cl2O4S2/c11-17(13,14)9-5-6-10(18(12,15)16)8-4-2-1-3-7(8)9/h1-6H. The molecule has 2 aromatic rings. The molecule has 8 heteroatoms. The number of benzene rings is 2. The average Bonchev–Trinajstić information content (AvgIpc) is 2.24. The summed E-state index contributed by atoms with van der Waals surface area (Å²) >= 11 is 0. The molecule has 18 heavy (non-hydrogen) atoms. The first-order chi connectivity index (χ1) is 8.21. The Bertz CT molecular complexity index is 756. The second-order valence-electron chi connectivity index (χ2n) is 3.48. The molecule has 4 nitrogen and oxygen atoms in total. The van der Waals surface area contributed by atoms with Gasteiger partial charge in [0.15, 0.2) is 0 Å². The topological polar surface area (TPSA) is 68.3 Å². The lowest BCUT2D eigenvalue weighted by Crippen LogP contribution is -1.97. The normalized spacial score (nSPS) is 12.8. The molecule has 0 radical (unpaired) electrons. The highest BCUT2D eigenvalue weighted by Crippen LogP contribution is 2.31. The summed E-state index contributed by atoms with van der Waals surface area (Å²) in [6, 6.07) is 8.35. The third-order valence-electron chi connectivity index (χ3n) is 2.37. The van der Waals surface area contributed by atoms with Crippen LogP contribution in [0.4, 0.5) is 0 Å². The van der Waals surface area contributed by atoms with E-state index < -0.39 is 18.1 Å². The molecule has 0 spiro atoms. The van der Waals surface area contributed by atoms with E-state index in [-0.39, 0.29) is 20.6 Å². The highest BCUT2D eigenvalue weighted by Gasteiger charge is 2.20. The lowest BCUT2D eigenvalue weighted by Gasteiger charge is -2.06. The second kappa shape index (κ2) is 4.38. The molecule has 0 fully saturated rings. The summed E-state index contributed by atoms with van der Waals surface area (Å²) in [7, 11) is 2.67. The fourth-order valence-electron chi connectivity index (χ4n) is 1.67. The largest absolute Gasteiger partial charge is 0.261 e. The Morgan fingerprint density at radius 2 is 1.00 bits per heavy atom. The zero-order chi connectivity index (χ0) is 13.6. The van der Waals surface area contributed by atoms with Gasteiger partial charge in [-0.05, 0) is 12.1 Å². The molecule has 0 atom stereocenters. The van der Waals surface area contributed by atoms with E-state index in [0.717, 1.165) is 12.1 Å². The van der Waals surface area contributed by atoms with Crippen LogP contribution in [-0.4, -0.2) is 16.8 Å². The van der Waals surface area contributed by atoms with Crippen molar-refractivity contribution >= 4 is 50.2 Å². The second-order valence-corrected chi connectivity index (χ2v) is 8.55. The van der Waals surface area contributed by atoms with Crippen molar-refractivity contribution in [2.24, 2.45) is 0 Å². The molecule has 2 rings (SSSR count). The molecule has 0 N–H and O–H groups in total. The van der Waals surface area contributed by atoms with E-state index in [2.05, 4.69) is 0 Å². The molecule has 0 bridgehead atoms. The minimum Gasteiger partial charge on any atom is -0.207 e. The Morgan fingerprint density at radius 1 is 0.667 bits per heavy atom. The van der Waals surface area contributed by atoms with Crippen molar-refractivity contribution in [3.05, 3.63) is 36.4 Å². The number of hydrogen-bond donors (Lipinski definition) is 0. The summed E-state index contributed by atoms with van der Waals surface area (Å²) in [5.74, 6) is 0. The summed E-state index contributed by atoms with van der Waals surface area (Å²) in [6.07, 6.45) is 0. The van der Waals surface area contributed by atoms with Gasteiger partial charge in [0.25, 0.3) is 18.1 Å². The first-order valence-corrected chi connectivity index (χ1v) is 9.24. The van der Waals surface area contributed by atoms with E-state index >= 15 is 0 Å². The molecule has 0 saturated carbocycles. The molecule has 0 saturated heterocycles. The molecule has 0 aliphatic carbocycles. The van der Waals surface area contributed by atoms with Crippen molar-refractivity contribution in [1.82, 2.24) is 0 Å². The lowest BCUT2D eigenvalue weighted by molar-refractivity contribution is 0.607. The summed E-state index contributed by atoms with van der Waals surface area (Å²) in [4.78, 5) is -0.298. The van der Waals surface area contributed by atoms with Gasteiger partial charge in [-0.15, -0.1) is 0 Å². The van der Waals surface area contributed by atoms with Crippen molar-refractivity contribution in [2.45, 2.75) is 9.79 Å². The van der Waals surface area contributed by atoms with Gasteiger partial charge in [-0.3, -0.25) is 0 Å². The van der Waals surface area contributed by atoms with Gasteiger partial charge in [-0.1, -0.05) is 24.3 Å². The molecule has 96 valence electrons. The zero-order valence-corrected chi connectivity index (χ0v) is 11.8. The van der Waals surface area contributed by atoms with E-state index in [1.54, 1.807) is 12.1 Å². The molecule has 0 amide bonds. The first-order valence-electron chi connectivity index (χ1n) is 4.62. The van der Waals surface area contributed by atoms with E-state index in [9.17, 15) is 16.8 Å². The fourth-order valence-corrected chi connectivity index (χ4v) is 3.82. The molecule has 0 unspecified atom stereocenters. The van der Waals surface area contributed by atoms with Crippen molar-refractivity contribution in [1.29, 1.82) is 0 Å².